The van der Waals surface area contributed by atoms with Crippen LogP contribution >= 0.6 is 0 Å². The Kier molecular flexibility index (Phi) is 3.13. The molecule has 1 aliphatic rings. The zero-order valence-electron chi connectivity index (χ0n) is 10.3. The van der Waals surface area contributed by atoms with Crippen LogP contribution in [-0.2, 0) is 10.3 Å². The summed E-state index contributed by atoms with van der Waals surface area (Å²) in [5.74, 6) is 0.0449. The van der Waals surface area contributed by atoms with Crippen LogP contribution in [0.4, 0.5) is 4.79 Å². The summed E-state index contributed by atoms with van der Waals surface area (Å²) in [5.41, 5.74) is -1.15. The Labute approximate surface area is 105 Å². The summed E-state index contributed by atoms with van der Waals surface area (Å²) in [6, 6.07) is 2.86. The average molecular weight is 252 g/mol. The average Bonchev–Trinajstić information content (AvgIpc) is 2.87. The van der Waals surface area contributed by atoms with E-state index < -0.39 is 17.7 Å². The minimum atomic E-state index is -1.15. The van der Waals surface area contributed by atoms with E-state index in [0.717, 1.165) is 4.90 Å². The predicted molar refractivity (Wildman–Crippen MR) is 62.6 cm³/mol. The van der Waals surface area contributed by atoms with Gasteiger partial charge in [0.2, 0.25) is 0 Å². The summed E-state index contributed by atoms with van der Waals surface area (Å²) in [5, 5.41) is 11.8. The van der Waals surface area contributed by atoms with Crippen molar-refractivity contribution in [3.05, 3.63) is 24.2 Å². The molecule has 2 unspecified atom stereocenters. The number of rotatable bonds is 4. The lowest BCUT2D eigenvalue weighted by Crippen LogP contribution is -2.40. The molecular formula is C12H16N2O4. The number of carbonyl (C=O) groups is 2. The molecular weight excluding hydrogens is 236 g/mol. The molecule has 6 nitrogen and oxygen atoms in total. The summed E-state index contributed by atoms with van der Waals surface area (Å²) in [6.07, 6.45) is 1.26. The van der Waals surface area contributed by atoms with Crippen molar-refractivity contribution in [3.8, 4) is 0 Å². The van der Waals surface area contributed by atoms with E-state index in [0.29, 0.717) is 12.2 Å². The summed E-state index contributed by atoms with van der Waals surface area (Å²) in [7, 11) is 0. The van der Waals surface area contributed by atoms with E-state index >= 15 is 0 Å². The molecule has 2 atom stereocenters. The molecule has 1 fully saturated rings. The number of aliphatic hydroxyl groups excluding tert-OH is 1. The van der Waals surface area contributed by atoms with E-state index in [9.17, 15) is 14.7 Å². The van der Waals surface area contributed by atoms with Gasteiger partial charge in [-0.15, -0.1) is 0 Å². The number of furan rings is 1. The Hall–Kier alpha value is -1.82. The maximum atomic E-state index is 12.2. The van der Waals surface area contributed by atoms with E-state index in [1.165, 1.54) is 6.26 Å². The third-order valence-corrected chi connectivity index (χ3v) is 3.06. The van der Waals surface area contributed by atoms with Crippen LogP contribution in [0.3, 0.4) is 0 Å². The van der Waals surface area contributed by atoms with Gasteiger partial charge < -0.3 is 14.8 Å². The Morgan fingerprint density at radius 1 is 1.56 bits per heavy atom. The molecule has 1 aliphatic heterocycles. The van der Waals surface area contributed by atoms with E-state index in [1.54, 1.807) is 26.0 Å². The lowest BCUT2D eigenvalue weighted by atomic mass is 9.99. The fraction of sp³-hybridized carbons (Fsp3) is 0.500. The van der Waals surface area contributed by atoms with Crippen molar-refractivity contribution >= 4 is 11.9 Å². The zero-order chi connectivity index (χ0) is 13.3. The van der Waals surface area contributed by atoms with Gasteiger partial charge in [-0.3, -0.25) is 9.69 Å². The molecule has 1 aromatic rings. The smallest absolute Gasteiger partial charge is 0.325 e. The van der Waals surface area contributed by atoms with E-state index in [4.69, 9.17) is 4.42 Å². The highest BCUT2D eigenvalue weighted by Crippen LogP contribution is 2.29. The Balaban J connectivity index is 2.18. The molecule has 0 aliphatic carbocycles. The van der Waals surface area contributed by atoms with Gasteiger partial charge in [0.05, 0.1) is 12.4 Å². The highest BCUT2D eigenvalue weighted by Gasteiger charge is 2.50. The number of imide groups is 1. The first-order valence-corrected chi connectivity index (χ1v) is 5.81. The van der Waals surface area contributed by atoms with Gasteiger partial charge in [-0.2, -0.15) is 0 Å². The standard InChI is InChI=1S/C12H16N2O4/c1-8(15)5-6-14-10(16)12(2,13-11(14)17)9-4-3-7-18-9/h3-4,7-8,15H,5-6H2,1-2H3,(H,13,17). The van der Waals surface area contributed by atoms with Crippen molar-refractivity contribution in [1.82, 2.24) is 10.2 Å². The van der Waals surface area contributed by atoms with Crippen LogP contribution in [-0.4, -0.2) is 34.6 Å². The predicted octanol–water partition coefficient (Wildman–Crippen LogP) is 0.818. The highest BCUT2D eigenvalue weighted by molar-refractivity contribution is 6.06. The molecule has 6 heteroatoms. The minimum absolute atomic E-state index is 0.193. The molecule has 0 bridgehead atoms. The number of aliphatic hydroxyl groups is 1. The van der Waals surface area contributed by atoms with Crippen LogP contribution in [0, 0.1) is 0 Å². The number of nitrogens with zero attached hydrogens (tertiary/aromatic N) is 1. The number of hydrogen-bond acceptors (Lipinski definition) is 4. The largest absolute Gasteiger partial charge is 0.466 e. The van der Waals surface area contributed by atoms with Gasteiger partial charge in [0.15, 0.2) is 5.54 Å². The Morgan fingerprint density at radius 2 is 2.28 bits per heavy atom. The maximum Gasteiger partial charge on any atom is 0.325 e. The second-order valence-electron chi connectivity index (χ2n) is 4.63. The van der Waals surface area contributed by atoms with Crippen molar-refractivity contribution < 1.29 is 19.1 Å². The lowest BCUT2D eigenvalue weighted by Gasteiger charge is -2.19. The molecule has 0 aromatic carbocycles. The second-order valence-corrected chi connectivity index (χ2v) is 4.63. The summed E-state index contributed by atoms with van der Waals surface area (Å²) in [4.78, 5) is 25.1. The number of hydrogen-bond donors (Lipinski definition) is 2. The monoisotopic (exact) mass is 252 g/mol. The zero-order valence-corrected chi connectivity index (χ0v) is 10.3. The summed E-state index contributed by atoms with van der Waals surface area (Å²) >= 11 is 0. The Morgan fingerprint density at radius 3 is 2.83 bits per heavy atom. The highest BCUT2D eigenvalue weighted by atomic mass is 16.3. The summed E-state index contributed by atoms with van der Waals surface area (Å²) in [6.45, 7) is 3.41. The van der Waals surface area contributed by atoms with Crippen LogP contribution in [0.5, 0.6) is 0 Å². The van der Waals surface area contributed by atoms with Crippen LogP contribution in [0.1, 0.15) is 26.0 Å². The lowest BCUT2D eigenvalue weighted by molar-refractivity contribution is -0.131. The van der Waals surface area contributed by atoms with Gasteiger partial charge in [-0.1, -0.05) is 0 Å². The van der Waals surface area contributed by atoms with Gasteiger partial charge >= 0.3 is 6.03 Å². The normalized spacial score (nSPS) is 25.4. The fourth-order valence-electron chi connectivity index (χ4n) is 1.95. The quantitative estimate of drug-likeness (QED) is 0.777. The van der Waals surface area contributed by atoms with Gasteiger partial charge in [-0.05, 0) is 32.4 Å². The first-order chi connectivity index (χ1) is 8.45. The van der Waals surface area contributed by atoms with Crippen molar-refractivity contribution in [3.63, 3.8) is 0 Å². The number of carbonyl (C=O) groups excluding carboxylic acids is 2. The molecule has 2 rings (SSSR count). The van der Waals surface area contributed by atoms with E-state index in [2.05, 4.69) is 5.32 Å². The first-order valence-electron chi connectivity index (χ1n) is 5.81. The van der Waals surface area contributed by atoms with Gasteiger partial charge in [-0.25, -0.2) is 4.79 Å². The van der Waals surface area contributed by atoms with Gasteiger partial charge in [0.1, 0.15) is 5.76 Å². The molecule has 3 amide bonds. The van der Waals surface area contributed by atoms with E-state index in [-0.39, 0.29) is 12.5 Å². The molecule has 1 aromatic heterocycles. The number of urea groups is 1. The number of nitrogens with one attached hydrogen (secondary N) is 1. The minimum Gasteiger partial charge on any atom is -0.466 e. The van der Waals surface area contributed by atoms with Crippen molar-refractivity contribution in [2.24, 2.45) is 0 Å². The second kappa shape index (κ2) is 4.45. The van der Waals surface area contributed by atoms with Crippen molar-refractivity contribution in [2.45, 2.75) is 31.9 Å². The molecule has 0 spiro atoms. The van der Waals surface area contributed by atoms with Crippen molar-refractivity contribution in [2.75, 3.05) is 6.54 Å². The van der Waals surface area contributed by atoms with Gasteiger partial charge in [0, 0.05) is 6.54 Å². The fourth-order valence-corrected chi connectivity index (χ4v) is 1.95. The topological polar surface area (TPSA) is 82.8 Å². The molecule has 1 saturated heterocycles. The SMILES string of the molecule is CC(O)CCN1C(=O)NC(C)(c2ccco2)C1=O. The molecule has 2 heterocycles. The van der Waals surface area contributed by atoms with Crippen LogP contribution in [0.25, 0.3) is 0 Å². The van der Waals surface area contributed by atoms with Crippen molar-refractivity contribution in [1.29, 1.82) is 0 Å². The number of amides is 3. The van der Waals surface area contributed by atoms with Gasteiger partial charge in [0.25, 0.3) is 5.91 Å². The molecule has 0 saturated carbocycles. The van der Waals surface area contributed by atoms with Crippen LogP contribution in [0.2, 0.25) is 0 Å². The maximum absolute atomic E-state index is 12.2. The Bertz CT molecular complexity index is 455. The molecule has 18 heavy (non-hydrogen) atoms. The molecule has 0 radical (unpaired) electrons. The third kappa shape index (κ3) is 1.99. The van der Waals surface area contributed by atoms with Crippen LogP contribution < -0.4 is 5.32 Å². The molecule has 2 N–H and O–H groups in total. The summed E-state index contributed by atoms with van der Waals surface area (Å²) < 4.78 is 5.20. The van der Waals surface area contributed by atoms with E-state index in [1.807, 2.05) is 0 Å². The van der Waals surface area contributed by atoms with Crippen LogP contribution in [0.15, 0.2) is 22.8 Å². The molecule has 98 valence electrons. The third-order valence-electron chi connectivity index (χ3n) is 3.06. The first kappa shape index (κ1) is 12.6.